The minimum absolute atomic E-state index is 0.817. The average molecular weight is 143 g/mol. The van der Waals surface area contributed by atoms with Gasteiger partial charge >= 0.3 is 0 Å². The van der Waals surface area contributed by atoms with Crippen LogP contribution in [-0.2, 0) is 4.74 Å². The van der Waals surface area contributed by atoms with Crippen LogP contribution in [0, 0.1) is 6.10 Å². The number of hydrogen-bond donors (Lipinski definition) is 0. The Morgan fingerprint density at radius 2 is 1.90 bits per heavy atom. The van der Waals surface area contributed by atoms with Crippen molar-refractivity contribution in [2.24, 2.45) is 0 Å². The summed E-state index contributed by atoms with van der Waals surface area (Å²) in [4.78, 5) is 0. The molecule has 0 aromatic heterocycles. The molecule has 0 N–H and O–H groups in total. The molecule has 0 fully saturated rings. The second-order valence-corrected chi connectivity index (χ2v) is 2.59. The Bertz CT molecular complexity index is 61.7. The lowest BCUT2D eigenvalue weighted by atomic mass is 10.1. The summed E-state index contributed by atoms with van der Waals surface area (Å²) >= 11 is 0. The molecule has 1 heteroatoms. The van der Waals surface area contributed by atoms with Gasteiger partial charge in [-0.15, -0.1) is 0 Å². The first-order valence-corrected chi connectivity index (χ1v) is 4.26. The maximum absolute atomic E-state index is 5.31. The first-order valence-electron chi connectivity index (χ1n) is 4.26. The van der Waals surface area contributed by atoms with Gasteiger partial charge in [0.15, 0.2) is 0 Å². The largest absolute Gasteiger partial charge is 0.373 e. The topological polar surface area (TPSA) is 9.23 Å². The van der Waals surface area contributed by atoms with Crippen molar-refractivity contribution in [1.82, 2.24) is 0 Å². The van der Waals surface area contributed by atoms with Crippen LogP contribution in [0.25, 0.3) is 0 Å². The molecule has 0 atom stereocenters. The minimum atomic E-state index is 0.817. The van der Waals surface area contributed by atoms with Crippen LogP contribution >= 0.6 is 0 Å². The fourth-order valence-electron chi connectivity index (χ4n) is 0.943. The molecule has 0 aliphatic carbocycles. The summed E-state index contributed by atoms with van der Waals surface area (Å²) in [7, 11) is 0. The second-order valence-electron chi connectivity index (χ2n) is 2.59. The standard InChI is InChI=1S/C9H19O/c1-4-6-7-8-9(3)10-5-2/h4-8H2,1-3H3. The first-order chi connectivity index (χ1) is 4.81. The Kier molecular flexibility index (Phi) is 7.04. The lowest BCUT2D eigenvalue weighted by Gasteiger charge is -2.08. The van der Waals surface area contributed by atoms with Crippen molar-refractivity contribution in [3.8, 4) is 0 Å². The molecule has 0 amide bonds. The van der Waals surface area contributed by atoms with E-state index in [1.165, 1.54) is 25.4 Å². The highest BCUT2D eigenvalue weighted by Crippen LogP contribution is 2.11. The molecule has 1 nitrogen and oxygen atoms in total. The zero-order valence-corrected chi connectivity index (χ0v) is 7.44. The molecule has 1 radical (unpaired) electrons. The minimum Gasteiger partial charge on any atom is -0.373 e. The molecule has 0 aliphatic heterocycles. The van der Waals surface area contributed by atoms with Crippen LogP contribution in [-0.4, -0.2) is 6.61 Å². The fourth-order valence-corrected chi connectivity index (χ4v) is 0.943. The van der Waals surface area contributed by atoms with E-state index in [-0.39, 0.29) is 0 Å². The van der Waals surface area contributed by atoms with E-state index in [2.05, 4.69) is 13.8 Å². The summed E-state index contributed by atoms with van der Waals surface area (Å²) in [5.41, 5.74) is 0. The first kappa shape index (κ1) is 9.96. The molecule has 0 spiro atoms. The normalized spacial score (nSPS) is 10.8. The zero-order valence-electron chi connectivity index (χ0n) is 7.44. The van der Waals surface area contributed by atoms with Crippen molar-refractivity contribution >= 4 is 0 Å². The van der Waals surface area contributed by atoms with Gasteiger partial charge < -0.3 is 4.74 Å². The Balaban J connectivity index is 2.97. The molecule has 0 heterocycles. The molecule has 61 valence electrons. The van der Waals surface area contributed by atoms with E-state index in [1.807, 2.05) is 6.92 Å². The molecule has 0 rings (SSSR count). The summed E-state index contributed by atoms with van der Waals surface area (Å²) in [5, 5.41) is 0. The van der Waals surface area contributed by atoms with E-state index in [0.717, 1.165) is 13.0 Å². The van der Waals surface area contributed by atoms with Gasteiger partial charge in [-0.3, -0.25) is 0 Å². The quantitative estimate of drug-likeness (QED) is 0.519. The van der Waals surface area contributed by atoms with Crippen molar-refractivity contribution < 1.29 is 4.74 Å². The Hall–Kier alpha value is -0.0400. The Morgan fingerprint density at radius 3 is 2.40 bits per heavy atom. The summed E-state index contributed by atoms with van der Waals surface area (Å²) in [6.07, 6.45) is 6.23. The van der Waals surface area contributed by atoms with Gasteiger partial charge in [-0.25, -0.2) is 0 Å². The van der Waals surface area contributed by atoms with Gasteiger partial charge in [0.1, 0.15) is 0 Å². The van der Waals surface area contributed by atoms with Crippen LogP contribution in [0.5, 0.6) is 0 Å². The van der Waals surface area contributed by atoms with Gasteiger partial charge in [0.2, 0.25) is 0 Å². The predicted octanol–water partition coefficient (Wildman–Crippen LogP) is 3.16. The number of hydrogen-bond acceptors (Lipinski definition) is 1. The van der Waals surface area contributed by atoms with Gasteiger partial charge in [-0.2, -0.15) is 0 Å². The summed E-state index contributed by atoms with van der Waals surface area (Å²) in [6, 6.07) is 0. The van der Waals surface area contributed by atoms with E-state index in [0.29, 0.717) is 0 Å². The van der Waals surface area contributed by atoms with Crippen LogP contribution in [0.15, 0.2) is 0 Å². The smallest absolute Gasteiger partial charge is 0.0939 e. The lowest BCUT2D eigenvalue weighted by Crippen LogP contribution is -1.97. The lowest BCUT2D eigenvalue weighted by molar-refractivity contribution is 0.152. The van der Waals surface area contributed by atoms with E-state index >= 15 is 0 Å². The third kappa shape index (κ3) is 6.09. The summed E-state index contributed by atoms with van der Waals surface area (Å²) < 4.78 is 5.31. The van der Waals surface area contributed by atoms with Crippen LogP contribution in [0.1, 0.15) is 46.5 Å². The molecule has 0 aliphatic rings. The highest BCUT2D eigenvalue weighted by Gasteiger charge is 1.99. The number of ether oxygens (including phenoxy) is 1. The fraction of sp³-hybridized carbons (Fsp3) is 0.889. The van der Waals surface area contributed by atoms with E-state index in [9.17, 15) is 0 Å². The maximum Gasteiger partial charge on any atom is 0.0939 e. The molecular weight excluding hydrogens is 124 g/mol. The van der Waals surface area contributed by atoms with Gasteiger partial charge in [0.05, 0.1) is 6.10 Å². The van der Waals surface area contributed by atoms with Gasteiger partial charge in [-0.1, -0.05) is 26.2 Å². The van der Waals surface area contributed by atoms with Crippen molar-refractivity contribution in [2.45, 2.75) is 46.5 Å². The SMILES string of the molecule is CCCCC[C](C)OCC. The molecule has 0 bridgehead atoms. The summed E-state index contributed by atoms with van der Waals surface area (Å²) in [6.45, 7) is 7.14. The van der Waals surface area contributed by atoms with Gasteiger partial charge in [0.25, 0.3) is 0 Å². The monoisotopic (exact) mass is 143 g/mol. The molecule has 10 heavy (non-hydrogen) atoms. The molecule has 0 aromatic carbocycles. The van der Waals surface area contributed by atoms with Gasteiger partial charge in [-0.05, 0) is 20.3 Å². The highest BCUT2D eigenvalue weighted by molar-refractivity contribution is 4.69. The van der Waals surface area contributed by atoms with Crippen molar-refractivity contribution in [3.05, 3.63) is 6.10 Å². The number of unbranched alkanes of at least 4 members (excludes halogenated alkanes) is 2. The van der Waals surface area contributed by atoms with Gasteiger partial charge in [0, 0.05) is 6.61 Å². The summed E-state index contributed by atoms with van der Waals surface area (Å²) in [5.74, 6) is 0. The molecule has 0 unspecified atom stereocenters. The third-order valence-electron chi connectivity index (χ3n) is 1.52. The van der Waals surface area contributed by atoms with E-state index in [4.69, 9.17) is 4.74 Å². The van der Waals surface area contributed by atoms with E-state index in [1.54, 1.807) is 0 Å². The Morgan fingerprint density at radius 1 is 1.20 bits per heavy atom. The van der Waals surface area contributed by atoms with Crippen LogP contribution in [0.4, 0.5) is 0 Å². The van der Waals surface area contributed by atoms with Crippen LogP contribution in [0.3, 0.4) is 0 Å². The molecule has 0 saturated carbocycles. The third-order valence-corrected chi connectivity index (χ3v) is 1.52. The Labute approximate surface area is 64.8 Å². The zero-order chi connectivity index (χ0) is 7.82. The van der Waals surface area contributed by atoms with E-state index < -0.39 is 0 Å². The second kappa shape index (κ2) is 7.07. The molecule has 0 saturated heterocycles. The van der Waals surface area contributed by atoms with Crippen molar-refractivity contribution in [1.29, 1.82) is 0 Å². The van der Waals surface area contributed by atoms with Crippen molar-refractivity contribution in [3.63, 3.8) is 0 Å². The molecule has 0 aromatic rings. The van der Waals surface area contributed by atoms with Crippen LogP contribution < -0.4 is 0 Å². The predicted molar refractivity (Wildman–Crippen MR) is 44.7 cm³/mol. The average Bonchev–Trinajstić information content (AvgIpc) is 1.89. The number of rotatable bonds is 6. The highest BCUT2D eigenvalue weighted by atomic mass is 16.5. The van der Waals surface area contributed by atoms with Crippen LogP contribution in [0.2, 0.25) is 0 Å². The maximum atomic E-state index is 5.31. The molecular formula is C9H19O. The van der Waals surface area contributed by atoms with Crippen molar-refractivity contribution in [2.75, 3.05) is 6.61 Å².